The van der Waals surface area contributed by atoms with Gasteiger partial charge in [-0.2, -0.15) is 0 Å². The summed E-state index contributed by atoms with van der Waals surface area (Å²) in [5, 5.41) is 5.10. The lowest BCUT2D eigenvalue weighted by molar-refractivity contribution is 0.103. The van der Waals surface area contributed by atoms with Gasteiger partial charge in [-0.25, -0.2) is 0 Å². The number of thiophene rings is 1. The van der Waals surface area contributed by atoms with E-state index in [1.54, 1.807) is 24.3 Å². The van der Waals surface area contributed by atoms with E-state index in [2.05, 4.69) is 17.2 Å². The van der Waals surface area contributed by atoms with Crippen molar-refractivity contribution in [3.8, 4) is 17.6 Å². The third-order valence-corrected chi connectivity index (χ3v) is 3.83. The Labute approximate surface area is 131 Å². The molecule has 108 valence electrons. The Hall–Kier alpha value is -2.00. The Morgan fingerprint density at radius 1 is 1.48 bits per heavy atom. The van der Waals surface area contributed by atoms with Crippen molar-refractivity contribution in [2.45, 2.75) is 0 Å². The Morgan fingerprint density at radius 3 is 3.00 bits per heavy atom. The average molecular weight is 321 g/mol. The molecule has 1 aromatic heterocycles. The number of hydrogen-bond acceptors (Lipinski definition) is 4. The Bertz CT molecular complexity index is 716. The molecule has 0 fully saturated rings. The largest absolute Gasteiger partial charge is 0.495 e. The first-order chi connectivity index (χ1) is 10.2. The van der Waals surface area contributed by atoms with E-state index in [1.165, 1.54) is 18.4 Å². The second-order valence-electron chi connectivity index (χ2n) is 3.97. The third-order valence-electron chi connectivity index (χ3n) is 2.61. The maximum absolute atomic E-state index is 12.3. The lowest BCUT2D eigenvalue weighted by Gasteiger charge is -2.08. The number of ether oxygens (including phenoxy) is 1. The average Bonchev–Trinajstić information content (AvgIpc) is 2.95. The Kier molecular flexibility index (Phi) is 5.23. The molecule has 0 aliphatic heterocycles. The van der Waals surface area contributed by atoms with Crippen molar-refractivity contribution in [1.29, 1.82) is 0 Å². The maximum atomic E-state index is 12.3. The first-order valence-electron chi connectivity index (χ1n) is 6.07. The zero-order chi connectivity index (χ0) is 15.2. The molecule has 0 unspecified atom stereocenters. The fourth-order valence-corrected chi connectivity index (χ4v) is 2.59. The summed E-state index contributed by atoms with van der Waals surface area (Å²) in [6.07, 6.45) is 0. The summed E-state index contributed by atoms with van der Waals surface area (Å²) in [5.74, 6) is 5.90. The van der Waals surface area contributed by atoms with E-state index in [9.17, 15) is 4.79 Å². The lowest BCUT2D eigenvalue weighted by atomic mass is 10.2. The molecule has 0 atom stereocenters. The van der Waals surface area contributed by atoms with Crippen molar-refractivity contribution < 1.29 is 9.53 Å². The van der Waals surface area contributed by atoms with Crippen LogP contribution in [0.25, 0.3) is 0 Å². The highest BCUT2D eigenvalue weighted by molar-refractivity contribution is 7.12. The minimum Gasteiger partial charge on any atom is -0.495 e. The number of carbonyl (C=O) groups excluding carboxylic acids is 1. The van der Waals surface area contributed by atoms with Crippen LogP contribution >= 0.6 is 22.9 Å². The molecule has 4 nitrogen and oxygen atoms in total. The van der Waals surface area contributed by atoms with Gasteiger partial charge in [0.05, 0.1) is 18.7 Å². The molecule has 0 radical (unpaired) electrons. The summed E-state index contributed by atoms with van der Waals surface area (Å²) in [7, 11) is 1.52. The molecule has 1 amide bonds. The molecule has 0 bridgehead atoms. The van der Waals surface area contributed by atoms with Gasteiger partial charge in [0.1, 0.15) is 10.6 Å². The molecule has 3 N–H and O–H groups in total. The van der Waals surface area contributed by atoms with Crippen LogP contribution in [-0.4, -0.2) is 19.6 Å². The van der Waals surface area contributed by atoms with Crippen molar-refractivity contribution >= 4 is 34.5 Å². The van der Waals surface area contributed by atoms with Crippen LogP contribution in [0, 0.1) is 11.8 Å². The Morgan fingerprint density at radius 2 is 2.29 bits per heavy atom. The van der Waals surface area contributed by atoms with E-state index in [0.29, 0.717) is 26.9 Å². The first kappa shape index (κ1) is 15.4. The van der Waals surface area contributed by atoms with Crippen molar-refractivity contribution in [1.82, 2.24) is 0 Å². The summed E-state index contributed by atoms with van der Waals surface area (Å²) < 4.78 is 5.12. The highest BCUT2D eigenvalue weighted by Crippen LogP contribution is 2.28. The third kappa shape index (κ3) is 3.76. The first-order valence-corrected chi connectivity index (χ1v) is 7.32. The molecule has 0 aliphatic rings. The second-order valence-corrected chi connectivity index (χ2v) is 5.30. The van der Waals surface area contributed by atoms with Crippen LogP contribution in [-0.2, 0) is 0 Å². The number of anilines is 1. The minimum atomic E-state index is -0.226. The molecule has 1 aromatic carbocycles. The van der Waals surface area contributed by atoms with Crippen LogP contribution in [0.15, 0.2) is 29.6 Å². The monoisotopic (exact) mass is 320 g/mol. The normalized spacial score (nSPS) is 9.67. The summed E-state index contributed by atoms with van der Waals surface area (Å²) in [6, 6.07) is 6.84. The fraction of sp³-hybridized carbons (Fsp3) is 0.133. The van der Waals surface area contributed by atoms with Gasteiger partial charge >= 0.3 is 0 Å². The quantitative estimate of drug-likeness (QED) is 0.855. The van der Waals surface area contributed by atoms with E-state index in [-0.39, 0.29) is 12.5 Å². The summed E-state index contributed by atoms with van der Waals surface area (Å²) in [6.45, 7) is 0.255. The van der Waals surface area contributed by atoms with Crippen LogP contribution in [0.2, 0.25) is 5.02 Å². The number of carbonyl (C=O) groups is 1. The summed E-state index contributed by atoms with van der Waals surface area (Å²) in [5.41, 5.74) is 6.62. The zero-order valence-electron chi connectivity index (χ0n) is 11.3. The number of halogens is 1. The molecule has 0 saturated heterocycles. The van der Waals surface area contributed by atoms with Gasteiger partial charge in [-0.15, -0.1) is 11.3 Å². The van der Waals surface area contributed by atoms with Crippen LogP contribution in [0.1, 0.15) is 15.2 Å². The Balaban J connectivity index is 2.20. The van der Waals surface area contributed by atoms with E-state index in [1.807, 2.05) is 5.38 Å². The van der Waals surface area contributed by atoms with Gasteiger partial charge in [-0.05, 0) is 23.6 Å². The molecule has 0 aliphatic carbocycles. The summed E-state index contributed by atoms with van der Waals surface area (Å²) in [4.78, 5) is 12.8. The van der Waals surface area contributed by atoms with Crippen LogP contribution in [0.5, 0.6) is 5.75 Å². The zero-order valence-corrected chi connectivity index (χ0v) is 12.8. The van der Waals surface area contributed by atoms with Crippen LogP contribution in [0.4, 0.5) is 5.69 Å². The highest BCUT2D eigenvalue weighted by Gasteiger charge is 2.13. The number of benzene rings is 1. The number of rotatable bonds is 3. The number of hydrogen-bond donors (Lipinski definition) is 2. The second kappa shape index (κ2) is 7.14. The molecule has 2 aromatic rings. The van der Waals surface area contributed by atoms with Crippen molar-refractivity contribution in [2.24, 2.45) is 5.73 Å². The predicted molar refractivity (Wildman–Crippen MR) is 86.2 cm³/mol. The molecular formula is C15H13ClN2O2S. The molecule has 0 spiro atoms. The maximum Gasteiger partial charge on any atom is 0.267 e. The fourth-order valence-electron chi connectivity index (χ4n) is 1.66. The molecule has 21 heavy (non-hydrogen) atoms. The van der Waals surface area contributed by atoms with Gasteiger partial charge in [0, 0.05) is 17.3 Å². The minimum absolute atomic E-state index is 0.226. The molecule has 6 heteroatoms. The van der Waals surface area contributed by atoms with Gasteiger partial charge in [-0.1, -0.05) is 23.4 Å². The number of nitrogens with one attached hydrogen (secondary N) is 1. The smallest absolute Gasteiger partial charge is 0.267 e. The molecule has 1 heterocycles. The standard InChI is InChI=1S/C15H13ClN2O2S/c1-20-13-9-11(4-5-12(13)16)18-15(19)14-10(3-2-7-17)6-8-21-14/h4-6,8-9H,7,17H2,1H3,(H,18,19). The molecular weight excluding hydrogens is 308 g/mol. The van der Waals surface area contributed by atoms with Crippen molar-refractivity contribution in [3.05, 3.63) is 45.1 Å². The van der Waals surface area contributed by atoms with Gasteiger partial charge < -0.3 is 15.8 Å². The molecule has 0 saturated carbocycles. The van der Waals surface area contributed by atoms with E-state index < -0.39 is 0 Å². The number of nitrogens with two attached hydrogens (primary N) is 1. The van der Waals surface area contributed by atoms with Gasteiger partial charge in [0.15, 0.2) is 0 Å². The number of methoxy groups -OCH3 is 1. The van der Waals surface area contributed by atoms with Crippen LogP contribution in [0.3, 0.4) is 0 Å². The number of amides is 1. The van der Waals surface area contributed by atoms with Crippen molar-refractivity contribution in [3.63, 3.8) is 0 Å². The predicted octanol–water partition coefficient (Wildman–Crippen LogP) is 2.97. The SMILES string of the molecule is COc1cc(NC(=O)c2sccc2C#CCN)ccc1Cl. The lowest BCUT2D eigenvalue weighted by Crippen LogP contribution is -2.11. The van der Waals surface area contributed by atoms with Gasteiger partial charge in [-0.3, -0.25) is 4.79 Å². The van der Waals surface area contributed by atoms with E-state index in [4.69, 9.17) is 22.1 Å². The summed E-state index contributed by atoms with van der Waals surface area (Å²) >= 11 is 7.28. The van der Waals surface area contributed by atoms with Gasteiger partial charge in [0.2, 0.25) is 0 Å². The van der Waals surface area contributed by atoms with Gasteiger partial charge in [0.25, 0.3) is 5.91 Å². The molecule has 2 rings (SSSR count). The topological polar surface area (TPSA) is 64.3 Å². The van der Waals surface area contributed by atoms with E-state index >= 15 is 0 Å². The highest BCUT2D eigenvalue weighted by atomic mass is 35.5. The van der Waals surface area contributed by atoms with Crippen molar-refractivity contribution in [2.75, 3.05) is 19.0 Å². The van der Waals surface area contributed by atoms with Crippen LogP contribution < -0.4 is 15.8 Å². The van der Waals surface area contributed by atoms with E-state index in [0.717, 1.165) is 0 Å².